The van der Waals surface area contributed by atoms with Crippen molar-refractivity contribution < 1.29 is 4.74 Å². The molecule has 0 N–H and O–H groups in total. The summed E-state index contributed by atoms with van der Waals surface area (Å²) in [5, 5.41) is 0. The van der Waals surface area contributed by atoms with Crippen LogP contribution in [0.15, 0.2) is 77.3 Å². The summed E-state index contributed by atoms with van der Waals surface area (Å²) < 4.78 is 7.26. The number of hydrogen-bond acceptors (Lipinski definition) is 1. The SMILES string of the molecule is BrC1=C(c2cc[c]cc2)c2ccc(OCc3ccccc3)cc2CC1. The Balaban J connectivity index is 1.61. The van der Waals surface area contributed by atoms with Gasteiger partial charge in [0.25, 0.3) is 0 Å². The molecule has 0 saturated carbocycles. The van der Waals surface area contributed by atoms with Gasteiger partial charge in [0.15, 0.2) is 0 Å². The van der Waals surface area contributed by atoms with Crippen LogP contribution < -0.4 is 4.74 Å². The van der Waals surface area contributed by atoms with Crippen LogP contribution in [0.2, 0.25) is 0 Å². The molecular weight excluding hydrogens is 372 g/mol. The molecule has 0 aliphatic heterocycles. The number of aryl methyl sites for hydroxylation is 1. The highest BCUT2D eigenvalue weighted by Gasteiger charge is 2.19. The fourth-order valence-electron chi connectivity index (χ4n) is 3.23. The molecule has 0 bridgehead atoms. The van der Waals surface area contributed by atoms with E-state index >= 15 is 0 Å². The Kier molecular flexibility index (Phi) is 4.71. The maximum atomic E-state index is 5.99. The van der Waals surface area contributed by atoms with E-state index in [1.54, 1.807) is 0 Å². The van der Waals surface area contributed by atoms with E-state index in [2.05, 4.69) is 64.5 Å². The lowest BCUT2D eigenvalue weighted by Crippen LogP contribution is -2.05. The summed E-state index contributed by atoms with van der Waals surface area (Å²) in [6, 6.07) is 28.0. The molecule has 0 saturated heterocycles. The topological polar surface area (TPSA) is 9.23 Å². The van der Waals surface area contributed by atoms with Crippen molar-refractivity contribution in [2.45, 2.75) is 19.4 Å². The molecular formula is C23H18BrO. The van der Waals surface area contributed by atoms with Gasteiger partial charge >= 0.3 is 0 Å². The molecule has 0 fully saturated rings. The first kappa shape index (κ1) is 16.2. The lowest BCUT2D eigenvalue weighted by molar-refractivity contribution is 0.306. The van der Waals surface area contributed by atoms with Crippen molar-refractivity contribution >= 4 is 21.5 Å². The maximum absolute atomic E-state index is 5.99. The molecule has 3 aromatic carbocycles. The van der Waals surface area contributed by atoms with Crippen LogP contribution in [-0.2, 0) is 13.0 Å². The lowest BCUT2D eigenvalue weighted by atomic mass is 9.87. The van der Waals surface area contributed by atoms with Crippen LogP contribution >= 0.6 is 15.9 Å². The molecule has 1 aliphatic carbocycles. The van der Waals surface area contributed by atoms with E-state index in [0.717, 1.165) is 18.6 Å². The van der Waals surface area contributed by atoms with E-state index in [1.165, 1.54) is 32.3 Å². The Labute approximate surface area is 157 Å². The molecule has 0 unspecified atom stereocenters. The van der Waals surface area contributed by atoms with Gasteiger partial charge in [0.1, 0.15) is 12.4 Å². The van der Waals surface area contributed by atoms with Gasteiger partial charge in [-0.1, -0.05) is 76.6 Å². The molecule has 0 aromatic heterocycles. The van der Waals surface area contributed by atoms with Crippen molar-refractivity contribution in [3.8, 4) is 5.75 Å². The summed E-state index contributed by atoms with van der Waals surface area (Å²) in [6.45, 7) is 0.598. The van der Waals surface area contributed by atoms with Crippen LogP contribution in [0.1, 0.15) is 28.7 Å². The number of fused-ring (bicyclic) bond motifs is 1. The van der Waals surface area contributed by atoms with Gasteiger partial charge in [-0.2, -0.15) is 0 Å². The Bertz CT molecular complexity index is 898. The molecule has 1 aliphatic rings. The molecule has 123 valence electrons. The van der Waals surface area contributed by atoms with Gasteiger partial charge in [-0.3, -0.25) is 0 Å². The van der Waals surface area contributed by atoms with Crippen molar-refractivity contribution in [1.82, 2.24) is 0 Å². The van der Waals surface area contributed by atoms with Crippen LogP contribution in [0.4, 0.5) is 0 Å². The fourth-order valence-corrected chi connectivity index (χ4v) is 3.87. The maximum Gasteiger partial charge on any atom is 0.120 e. The highest BCUT2D eigenvalue weighted by molar-refractivity contribution is 9.11. The van der Waals surface area contributed by atoms with E-state index in [9.17, 15) is 0 Å². The zero-order chi connectivity index (χ0) is 17.1. The quantitative estimate of drug-likeness (QED) is 0.518. The summed E-state index contributed by atoms with van der Waals surface area (Å²) >= 11 is 3.78. The summed E-state index contributed by atoms with van der Waals surface area (Å²) in [4.78, 5) is 0. The van der Waals surface area contributed by atoms with Crippen molar-refractivity contribution in [3.63, 3.8) is 0 Å². The average Bonchev–Trinajstić information content (AvgIpc) is 2.68. The van der Waals surface area contributed by atoms with Crippen LogP contribution in [-0.4, -0.2) is 0 Å². The summed E-state index contributed by atoms with van der Waals surface area (Å²) in [6.07, 6.45) is 2.05. The second-order valence-corrected chi connectivity index (χ2v) is 7.12. The number of halogens is 1. The van der Waals surface area contributed by atoms with Gasteiger partial charge in [0.05, 0.1) is 0 Å². The largest absolute Gasteiger partial charge is 0.489 e. The smallest absolute Gasteiger partial charge is 0.120 e. The Morgan fingerprint density at radius 2 is 1.72 bits per heavy atom. The number of ether oxygens (including phenoxy) is 1. The van der Waals surface area contributed by atoms with Gasteiger partial charge in [-0.15, -0.1) is 0 Å². The van der Waals surface area contributed by atoms with Crippen LogP contribution in [0.5, 0.6) is 5.75 Å². The van der Waals surface area contributed by atoms with Crippen LogP contribution in [0.3, 0.4) is 0 Å². The normalized spacial score (nSPS) is 13.5. The molecule has 0 atom stereocenters. The molecule has 4 rings (SSSR count). The summed E-state index contributed by atoms with van der Waals surface area (Å²) in [5.41, 5.74) is 6.33. The summed E-state index contributed by atoms with van der Waals surface area (Å²) in [7, 11) is 0. The Hall–Kier alpha value is -2.32. The van der Waals surface area contributed by atoms with Gasteiger partial charge in [-0.25, -0.2) is 0 Å². The van der Waals surface area contributed by atoms with Crippen molar-refractivity contribution in [2.24, 2.45) is 0 Å². The van der Waals surface area contributed by atoms with Crippen molar-refractivity contribution in [3.05, 3.63) is 106 Å². The number of allylic oxidation sites excluding steroid dienone is 1. The molecule has 1 radical (unpaired) electrons. The minimum atomic E-state index is 0.598. The van der Waals surface area contributed by atoms with Crippen LogP contribution in [0.25, 0.3) is 5.57 Å². The molecule has 1 nitrogen and oxygen atoms in total. The predicted molar refractivity (Wildman–Crippen MR) is 106 cm³/mol. The van der Waals surface area contributed by atoms with E-state index in [-0.39, 0.29) is 0 Å². The third kappa shape index (κ3) is 3.54. The van der Waals surface area contributed by atoms with Crippen molar-refractivity contribution in [1.29, 1.82) is 0 Å². The molecule has 0 heterocycles. The monoisotopic (exact) mass is 389 g/mol. The zero-order valence-electron chi connectivity index (χ0n) is 13.8. The first-order valence-corrected chi connectivity index (χ1v) is 9.26. The highest BCUT2D eigenvalue weighted by Crippen LogP contribution is 2.39. The Morgan fingerprint density at radius 3 is 2.52 bits per heavy atom. The second-order valence-electron chi connectivity index (χ2n) is 6.16. The minimum absolute atomic E-state index is 0.598. The van der Waals surface area contributed by atoms with Crippen LogP contribution in [0, 0.1) is 6.07 Å². The molecule has 0 amide bonds. The van der Waals surface area contributed by atoms with E-state index in [4.69, 9.17) is 4.74 Å². The third-order valence-corrected chi connectivity index (χ3v) is 5.28. The van der Waals surface area contributed by atoms with Gasteiger partial charge < -0.3 is 4.74 Å². The minimum Gasteiger partial charge on any atom is -0.489 e. The predicted octanol–water partition coefficient (Wildman–Crippen LogP) is 6.17. The van der Waals surface area contributed by atoms with Gasteiger partial charge in [0, 0.05) is 4.48 Å². The van der Waals surface area contributed by atoms with Gasteiger partial charge in [-0.05, 0) is 58.9 Å². The Morgan fingerprint density at radius 1 is 0.920 bits per heavy atom. The molecule has 25 heavy (non-hydrogen) atoms. The third-order valence-electron chi connectivity index (χ3n) is 4.49. The summed E-state index contributed by atoms with van der Waals surface area (Å²) in [5.74, 6) is 0.932. The average molecular weight is 390 g/mol. The van der Waals surface area contributed by atoms with E-state index < -0.39 is 0 Å². The fraction of sp³-hybridized carbons (Fsp3) is 0.130. The first-order chi connectivity index (χ1) is 12.3. The number of benzene rings is 3. The molecule has 3 aromatic rings. The van der Waals surface area contributed by atoms with Gasteiger partial charge in [0.2, 0.25) is 0 Å². The molecule has 2 heteroatoms. The number of rotatable bonds is 4. The number of hydrogen-bond donors (Lipinski definition) is 0. The lowest BCUT2D eigenvalue weighted by Gasteiger charge is -2.22. The standard InChI is InChI=1S/C23H18BrO/c24-22-14-11-19-15-20(25-16-17-7-3-1-4-8-17)12-13-21(19)23(22)18-9-5-2-6-10-18/h1,3-10,12-13,15H,11,14,16H2. The highest BCUT2D eigenvalue weighted by atomic mass is 79.9. The second kappa shape index (κ2) is 7.28. The zero-order valence-corrected chi connectivity index (χ0v) is 15.4. The van der Waals surface area contributed by atoms with E-state index in [1.807, 2.05) is 30.3 Å². The molecule has 0 spiro atoms. The van der Waals surface area contributed by atoms with E-state index in [0.29, 0.717) is 6.61 Å². The first-order valence-electron chi connectivity index (χ1n) is 8.46. The van der Waals surface area contributed by atoms with Crippen molar-refractivity contribution in [2.75, 3.05) is 0 Å².